The molecule has 0 atom stereocenters. The first-order valence-electron chi connectivity index (χ1n) is 11.4. The number of hydrogen-bond donors (Lipinski definition) is 1. The van der Waals surface area contributed by atoms with Crippen molar-refractivity contribution in [2.75, 3.05) is 50.7 Å². The maximum absolute atomic E-state index is 12.4. The van der Waals surface area contributed by atoms with E-state index in [9.17, 15) is 9.59 Å². The van der Waals surface area contributed by atoms with Gasteiger partial charge in [-0.05, 0) is 61.4 Å². The number of carbonyl (C=O) groups is 2. The molecule has 166 valence electrons. The Morgan fingerprint density at radius 2 is 1.57 bits per heavy atom. The van der Waals surface area contributed by atoms with Gasteiger partial charge in [0.15, 0.2) is 0 Å². The van der Waals surface area contributed by atoms with Gasteiger partial charge in [-0.3, -0.25) is 14.5 Å². The van der Waals surface area contributed by atoms with Crippen molar-refractivity contribution in [3.8, 4) is 0 Å². The van der Waals surface area contributed by atoms with Crippen LogP contribution >= 0.6 is 0 Å². The van der Waals surface area contributed by atoms with E-state index in [-0.39, 0.29) is 11.3 Å². The van der Waals surface area contributed by atoms with E-state index < -0.39 is 0 Å². The third kappa shape index (κ3) is 6.46. The van der Waals surface area contributed by atoms with Crippen LogP contribution in [0.4, 0.5) is 5.69 Å². The summed E-state index contributed by atoms with van der Waals surface area (Å²) in [6.45, 7) is 13.6. The van der Waals surface area contributed by atoms with Crippen LogP contribution in [0.3, 0.4) is 0 Å². The second-order valence-corrected chi connectivity index (χ2v) is 10.1. The third-order valence-electron chi connectivity index (χ3n) is 6.39. The zero-order valence-corrected chi connectivity index (χ0v) is 18.9. The number of anilines is 1. The summed E-state index contributed by atoms with van der Waals surface area (Å²) in [4.78, 5) is 30.6. The number of primary amides is 1. The first-order valence-corrected chi connectivity index (χ1v) is 11.4. The molecule has 2 heterocycles. The van der Waals surface area contributed by atoms with Crippen LogP contribution in [0, 0.1) is 11.3 Å². The van der Waals surface area contributed by atoms with E-state index in [0.29, 0.717) is 17.9 Å². The summed E-state index contributed by atoms with van der Waals surface area (Å²) in [5, 5.41) is 0. The summed E-state index contributed by atoms with van der Waals surface area (Å²) in [5.41, 5.74) is 7.11. The Balaban J connectivity index is 1.35. The van der Waals surface area contributed by atoms with E-state index in [0.717, 1.165) is 70.3 Å². The second-order valence-electron chi connectivity index (χ2n) is 10.1. The van der Waals surface area contributed by atoms with E-state index in [1.807, 2.05) is 24.3 Å². The van der Waals surface area contributed by atoms with Crippen LogP contribution in [-0.2, 0) is 4.79 Å². The lowest BCUT2D eigenvalue weighted by molar-refractivity contribution is -0.134. The number of piperazine rings is 1. The zero-order valence-electron chi connectivity index (χ0n) is 18.9. The van der Waals surface area contributed by atoms with Crippen molar-refractivity contribution in [3.63, 3.8) is 0 Å². The number of likely N-dealkylation sites (tertiary alicyclic amines) is 1. The van der Waals surface area contributed by atoms with E-state index >= 15 is 0 Å². The van der Waals surface area contributed by atoms with E-state index in [1.165, 1.54) is 6.42 Å². The number of nitrogens with zero attached hydrogens (tertiary/aromatic N) is 3. The van der Waals surface area contributed by atoms with Crippen LogP contribution in [0.25, 0.3) is 0 Å². The van der Waals surface area contributed by atoms with Gasteiger partial charge in [0.2, 0.25) is 11.8 Å². The maximum Gasteiger partial charge on any atom is 0.248 e. The van der Waals surface area contributed by atoms with Gasteiger partial charge in [0.05, 0.1) is 0 Å². The predicted octanol–water partition coefficient (Wildman–Crippen LogP) is 2.97. The molecule has 6 nitrogen and oxygen atoms in total. The minimum atomic E-state index is -0.379. The summed E-state index contributed by atoms with van der Waals surface area (Å²) >= 11 is 0. The molecule has 2 N–H and O–H groups in total. The number of rotatable bonds is 6. The van der Waals surface area contributed by atoms with Crippen molar-refractivity contribution in [1.82, 2.24) is 9.80 Å². The van der Waals surface area contributed by atoms with Gasteiger partial charge in [0.25, 0.3) is 0 Å². The fourth-order valence-corrected chi connectivity index (χ4v) is 4.47. The molecule has 0 radical (unpaired) electrons. The molecule has 3 rings (SSSR count). The van der Waals surface area contributed by atoms with E-state index in [1.54, 1.807) is 0 Å². The van der Waals surface area contributed by atoms with E-state index in [2.05, 4.69) is 35.5 Å². The highest BCUT2D eigenvalue weighted by atomic mass is 16.2. The first kappa shape index (κ1) is 22.6. The van der Waals surface area contributed by atoms with Gasteiger partial charge in [0.1, 0.15) is 0 Å². The molecule has 6 heteroatoms. The summed E-state index contributed by atoms with van der Waals surface area (Å²) in [7, 11) is 0. The molecule has 2 fully saturated rings. The second kappa shape index (κ2) is 9.82. The average Bonchev–Trinajstić information content (AvgIpc) is 2.72. The predicted molar refractivity (Wildman–Crippen MR) is 122 cm³/mol. The molecular formula is C24H38N4O2. The van der Waals surface area contributed by atoms with Crippen molar-refractivity contribution in [2.24, 2.45) is 17.1 Å². The molecule has 2 saturated heterocycles. The zero-order chi connectivity index (χ0) is 21.7. The van der Waals surface area contributed by atoms with Gasteiger partial charge < -0.3 is 15.5 Å². The van der Waals surface area contributed by atoms with Crippen LogP contribution in [0.2, 0.25) is 0 Å². The molecule has 1 aromatic carbocycles. The van der Waals surface area contributed by atoms with Crippen LogP contribution in [0.1, 0.15) is 56.8 Å². The minimum absolute atomic E-state index is 0.0694. The van der Waals surface area contributed by atoms with Crippen LogP contribution in [-0.4, -0.2) is 67.4 Å². The fraction of sp³-hybridized carbons (Fsp3) is 0.667. The Bertz CT molecular complexity index is 710. The van der Waals surface area contributed by atoms with Gasteiger partial charge in [-0.1, -0.05) is 20.8 Å². The lowest BCUT2D eigenvalue weighted by Crippen LogP contribution is -2.47. The van der Waals surface area contributed by atoms with Crippen LogP contribution in [0.15, 0.2) is 24.3 Å². The largest absolute Gasteiger partial charge is 0.369 e. The number of benzene rings is 1. The SMILES string of the molecule is CC(C)(C)CC(=O)N1CCC(CCN2CCN(c3ccc(C(N)=O)cc3)CC2)CC1. The van der Waals surface area contributed by atoms with Gasteiger partial charge in [-0.15, -0.1) is 0 Å². The number of hydrogen-bond acceptors (Lipinski definition) is 4. The Morgan fingerprint density at radius 1 is 0.967 bits per heavy atom. The smallest absolute Gasteiger partial charge is 0.248 e. The fourth-order valence-electron chi connectivity index (χ4n) is 4.47. The first-order chi connectivity index (χ1) is 14.2. The topological polar surface area (TPSA) is 69.9 Å². The summed E-state index contributed by atoms with van der Waals surface area (Å²) in [6, 6.07) is 7.60. The van der Waals surface area contributed by atoms with Crippen LogP contribution < -0.4 is 10.6 Å². The van der Waals surface area contributed by atoms with Crippen LogP contribution in [0.5, 0.6) is 0 Å². The third-order valence-corrected chi connectivity index (χ3v) is 6.39. The molecule has 0 aromatic heterocycles. The van der Waals surface area contributed by atoms with Gasteiger partial charge in [-0.2, -0.15) is 0 Å². The summed E-state index contributed by atoms with van der Waals surface area (Å²) in [5.74, 6) is 0.680. The molecule has 0 bridgehead atoms. The normalized spacial score (nSPS) is 19.2. The summed E-state index contributed by atoms with van der Waals surface area (Å²) in [6.07, 6.45) is 4.16. The Labute approximate surface area is 181 Å². The quantitative estimate of drug-likeness (QED) is 0.777. The lowest BCUT2D eigenvalue weighted by atomic mass is 9.89. The Morgan fingerprint density at radius 3 is 2.10 bits per heavy atom. The molecule has 2 amide bonds. The van der Waals surface area contributed by atoms with Gasteiger partial charge >= 0.3 is 0 Å². The highest BCUT2D eigenvalue weighted by molar-refractivity contribution is 5.93. The standard InChI is InChI=1S/C24H38N4O2/c1-24(2,3)18-22(29)28-12-9-19(10-13-28)8-11-26-14-16-27(17-15-26)21-6-4-20(5-7-21)23(25)30/h4-7,19H,8-18H2,1-3H3,(H2,25,30). The number of piperidine rings is 1. The number of carbonyl (C=O) groups excluding carboxylic acids is 2. The van der Waals surface area contributed by atoms with Crippen molar-refractivity contribution in [1.29, 1.82) is 0 Å². The lowest BCUT2D eigenvalue weighted by Gasteiger charge is -2.38. The van der Waals surface area contributed by atoms with Crippen molar-refractivity contribution in [3.05, 3.63) is 29.8 Å². The molecule has 0 aliphatic carbocycles. The average molecular weight is 415 g/mol. The molecule has 2 aliphatic rings. The Kier molecular flexibility index (Phi) is 7.40. The van der Waals surface area contributed by atoms with Crippen molar-refractivity contribution >= 4 is 17.5 Å². The molecule has 0 unspecified atom stereocenters. The highest BCUT2D eigenvalue weighted by Gasteiger charge is 2.26. The van der Waals surface area contributed by atoms with E-state index in [4.69, 9.17) is 5.73 Å². The van der Waals surface area contributed by atoms with Gasteiger partial charge in [-0.25, -0.2) is 0 Å². The molecule has 0 spiro atoms. The molecule has 1 aromatic rings. The summed E-state index contributed by atoms with van der Waals surface area (Å²) < 4.78 is 0. The number of nitrogens with two attached hydrogens (primary N) is 1. The number of amides is 2. The minimum Gasteiger partial charge on any atom is -0.369 e. The monoisotopic (exact) mass is 414 g/mol. The molecule has 2 aliphatic heterocycles. The molecule has 0 saturated carbocycles. The van der Waals surface area contributed by atoms with Crippen molar-refractivity contribution in [2.45, 2.75) is 46.5 Å². The Hall–Kier alpha value is -2.08. The molecular weight excluding hydrogens is 376 g/mol. The van der Waals surface area contributed by atoms with Gasteiger partial charge in [0, 0.05) is 56.9 Å². The van der Waals surface area contributed by atoms with Crippen molar-refractivity contribution < 1.29 is 9.59 Å². The highest BCUT2D eigenvalue weighted by Crippen LogP contribution is 2.25. The maximum atomic E-state index is 12.4. The molecule has 30 heavy (non-hydrogen) atoms.